The van der Waals surface area contributed by atoms with E-state index in [4.69, 9.17) is 14.3 Å². The number of unbranched alkanes of at least 4 members (excludes halogenated alkanes) is 1. The van der Waals surface area contributed by atoms with Crippen molar-refractivity contribution in [3.8, 4) is 5.75 Å². The molecule has 2 rings (SSSR count). The molecule has 0 spiro atoms. The summed E-state index contributed by atoms with van der Waals surface area (Å²) in [6.07, 6.45) is 1.87. The predicted octanol–water partition coefficient (Wildman–Crippen LogP) is 3.30. The zero-order valence-corrected chi connectivity index (χ0v) is 13.0. The van der Waals surface area contributed by atoms with E-state index in [1.165, 1.54) is 13.0 Å². The number of ether oxygens (including phenoxy) is 1. The summed E-state index contributed by atoms with van der Waals surface area (Å²) in [5, 5.41) is 9.81. The fourth-order valence-corrected chi connectivity index (χ4v) is 2.35. The molecule has 1 aromatic carbocycles. The van der Waals surface area contributed by atoms with Gasteiger partial charge in [0.25, 0.3) is 0 Å². The van der Waals surface area contributed by atoms with Crippen molar-refractivity contribution in [1.82, 2.24) is 0 Å². The van der Waals surface area contributed by atoms with Gasteiger partial charge in [0.15, 0.2) is 6.10 Å². The van der Waals surface area contributed by atoms with E-state index in [9.17, 15) is 9.59 Å². The molecule has 2 aromatic rings. The first-order valence-corrected chi connectivity index (χ1v) is 7.39. The van der Waals surface area contributed by atoms with Gasteiger partial charge < -0.3 is 14.3 Å². The number of carbonyl (C=O) groups is 1. The molecular formula is C17H20O5. The van der Waals surface area contributed by atoms with Gasteiger partial charge in [0.1, 0.15) is 11.3 Å². The Morgan fingerprint density at radius 2 is 2.14 bits per heavy atom. The second kappa shape index (κ2) is 6.64. The van der Waals surface area contributed by atoms with Crippen LogP contribution in [0.5, 0.6) is 5.75 Å². The minimum absolute atomic E-state index is 0.398. The summed E-state index contributed by atoms with van der Waals surface area (Å²) < 4.78 is 10.7. The topological polar surface area (TPSA) is 76.7 Å². The van der Waals surface area contributed by atoms with Gasteiger partial charge >= 0.3 is 11.6 Å². The number of carboxylic acids is 1. The molecular weight excluding hydrogens is 284 g/mol. The van der Waals surface area contributed by atoms with Crippen molar-refractivity contribution in [2.75, 3.05) is 0 Å². The van der Waals surface area contributed by atoms with Crippen LogP contribution in [0, 0.1) is 6.92 Å². The van der Waals surface area contributed by atoms with Crippen molar-refractivity contribution >= 4 is 16.9 Å². The third-order valence-electron chi connectivity index (χ3n) is 3.65. The van der Waals surface area contributed by atoms with Crippen molar-refractivity contribution in [2.24, 2.45) is 0 Å². The van der Waals surface area contributed by atoms with Crippen LogP contribution in [0.3, 0.4) is 0 Å². The number of fused-ring (bicyclic) bond motifs is 1. The van der Waals surface area contributed by atoms with Crippen LogP contribution in [0.15, 0.2) is 27.4 Å². The molecule has 0 saturated carbocycles. The summed E-state index contributed by atoms with van der Waals surface area (Å²) in [4.78, 5) is 22.7. The monoisotopic (exact) mass is 304 g/mol. The number of carboxylic acid groups (broad SMARTS) is 1. The molecule has 0 unspecified atom stereocenters. The van der Waals surface area contributed by atoms with Crippen molar-refractivity contribution in [3.63, 3.8) is 0 Å². The smallest absolute Gasteiger partial charge is 0.344 e. The number of benzene rings is 1. The van der Waals surface area contributed by atoms with Gasteiger partial charge in [-0.05, 0) is 44.4 Å². The molecule has 0 aliphatic rings. The highest BCUT2D eigenvalue weighted by Crippen LogP contribution is 2.29. The second-order valence-electron chi connectivity index (χ2n) is 5.36. The third kappa shape index (κ3) is 3.30. The Labute approximate surface area is 128 Å². The standard InChI is InChI=1S/C17H20O5/c1-4-5-6-12-9-15(18)22-16-10(2)14(8-7-13(12)16)21-11(3)17(19)20/h7-9,11H,4-6H2,1-3H3,(H,19,20)/t11-/m0/s1. The lowest BCUT2D eigenvalue weighted by atomic mass is 10.0. The fourth-order valence-electron chi connectivity index (χ4n) is 2.35. The van der Waals surface area contributed by atoms with Crippen LogP contribution in [0.25, 0.3) is 11.0 Å². The molecule has 0 fully saturated rings. The highest BCUT2D eigenvalue weighted by atomic mass is 16.5. The van der Waals surface area contributed by atoms with Gasteiger partial charge in [-0.25, -0.2) is 9.59 Å². The summed E-state index contributed by atoms with van der Waals surface area (Å²) in [6.45, 7) is 5.32. The maximum atomic E-state index is 11.8. The largest absolute Gasteiger partial charge is 0.479 e. The molecule has 0 radical (unpaired) electrons. The maximum absolute atomic E-state index is 11.8. The molecule has 5 nitrogen and oxygen atoms in total. The minimum atomic E-state index is -1.04. The van der Waals surface area contributed by atoms with Gasteiger partial charge in [-0.3, -0.25) is 0 Å². The van der Waals surface area contributed by atoms with Crippen LogP contribution in [0.4, 0.5) is 0 Å². The summed E-state index contributed by atoms with van der Waals surface area (Å²) in [5.41, 5.74) is 1.66. The molecule has 22 heavy (non-hydrogen) atoms. The quantitative estimate of drug-likeness (QED) is 0.829. The van der Waals surface area contributed by atoms with Gasteiger partial charge in [-0.2, -0.15) is 0 Å². The van der Waals surface area contributed by atoms with Crippen LogP contribution in [-0.4, -0.2) is 17.2 Å². The summed E-state index contributed by atoms with van der Waals surface area (Å²) in [7, 11) is 0. The molecule has 1 N–H and O–H groups in total. The molecule has 5 heteroatoms. The number of aryl methyl sites for hydroxylation is 2. The van der Waals surface area contributed by atoms with Crippen molar-refractivity contribution < 1.29 is 19.1 Å². The number of aliphatic carboxylic acids is 1. The van der Waals surface area contributed by atoms with E-state index in [0.29, 0.717) is 16.9 Å². The van der Waals surface area contributed by atoms with Crippen molar-refractivity contribution in [1.29, 1.82) is 0 Å². The summed E-state index contributed by atoms with van der Waals surface area (Å²) >= 11 is 0. The second-order valence-corrected chi connectivity index (χ2v) is 5.36. The molecule has 0 amide bonds. The van der Waals surface area contributed by atoms with E-state index >= 15 is 0 Å². The Morgan fingerprint density at radius 3 is 2.77 bits per heavy atom. The zero-order valence-electron chi connectivity index (χ0n) is 13.0. The van der Waals surface area contributed by atoms with E-state index in [1.807, 2.05) is 6.07 Å². The third-order valence-corrected chi connectivity index (χ3v) is 3.65. The summed E-state index contributed by atoms with van der Waals surface area (Å²) in [5.74, 6) is -0.629. The van der Waals surface area contributed by atoms with Crippen molar-refractivity contribution in [2.45, 2.75) is 46.1 Å². The molecule has 0 aliphatic heterocycles. The van der Waals surface area contributed by atoms with Crippen LogP contribution in [0.1, 0.15) is 37.8 Å². The Kier molecular flexibility index (Phi) is 4.85. The first-order valence-electron chi connectivity index (χ1n) is 7.39. The predicted molar refractivity (Wildman–Crippen MR) is 83.6 cm³/mol. The molecule has 0 saturated heterocycles. The van der Waals surface area contributed by atoms with E-state index in [1.54, 1.807) is 13.0 Å². The van der Waals surface area contributed by atoms with Gasteiger partial charge in [0.05, 0.1) is 0 Å². The average Bonchev–Trinajstić information content (AvgIpc) is 2.47. The molecule has 1 aromatic heterocycles. The van der Waals surface area contributed by atoms with Gasteiger partial charge in [-0.1, -0.05) is 13.3 Å². The normalized spacial score (nSPS) is 12.3. The Bertz CT molecular complexity index is 745. The Hall–Kier alpha value is -2.30. The van der Waals surface area contributed by atoms with E-state index in [2.05, 4.69) is 6.92 Å². The lowest BCUT2D eigenvalue weighted by Crippen LogP contribution is -2.23. The first-order chi connectivity index (χ1) is 10.4. The van der Waals surface area contributed by atoms with Crippen LogP contribution in [-0.2, 0) is 11.2 Å². The zero-order chi connectivity index (χ0) is 16.3. The minimum Gasteiger partial charge on any atom is -0.479 e. The lowest BCUT2D eigenvalue weighted by Gasteiger charge is -2.14. The van der Waals surface area contributed by atoms with E-state index in [0.717, 1.165) is 30.2 Å². The lowest BCUT2D eigenvalue weighted by molar-refractivity contribution is -0.144. The number of rotatable bonds is 6. The SMILES string of the molecule is CCCCc1cc(=O)oc2c(C)c(O[C@@H](C)C(=O)O)ccc12. The molecule has 118 valence electrons. The first kappa shape index (κ1) is 16.1. The van der Waals surface area contributed by atoms with Gasteiger partial charge in [0.2, 0.25) is 0 Å². The Balaban J connectivity index is 2.51. The van der Waals surface area contributed by atoms with Crippen LogP contribution >= 0.6 is 0 Å². The highest BCUT2D eigenvalue weighted by Gasteiger charge is 2.17. The number of hydrogen-bond donors (Lipinski definition) is 1. The van der Waals surface area contributed by atoms with Gasteiger partial charge in [0, 0.05) is 17.0 Å². The van der Waals surface area contributed by atoms with Crippen LogP contribution in [0.2, 0.25) is 0 Å². The van der Waals surface area contributed by atoms with E-state index < -0.39 is 17.7 Å². The fraction of sp³-hybridized carbons (Fsp3) is 0.412. The van der Waals surface area contributed by atoms with Gasteiger partial charge in [-0.15, -0.1) is 0 Å². The highest BCUT2D eigenvalue weighted by molar-refractivity contribution is 5.85. The molecule has 0 bridgehead atoms. The average molecular weight is 304 g/mol. The summed E-state index contributed by atoms with van der Waals surface area (Å²) in [6, 6.07) is 5.07. The van der Waals surface area contributed by atoms with Crippen molar-refractivity contribution in [3.05, 3.63) is 39.7 Å². The molecule has 1 heterocycles. The van der Waals surface area contributed by atoms with Crippen LogP contribution < -0.4 is 10.4 Å². The molecule has 0 aliphatic carbocycles. The van der Waals surface area contributed by atoms with E-state index in [-0.39, 0.29) is 0 Å². The number of hydrogen-bond acceptors (Lipinski definition) is 4. The maximum Gasteiger partial charge on any atom is 0.344 e. The Morgan fingerprint density at radius 1 is 1.41 bits per heavy atom. The molecule has 1 atom stereocenters.